The number of carbonyl (C=O) groups excluding carboxylic acids is 2. The lowest BCUT2D eigenvalue weighted by Crippen LogP contribution is -2.63. The molecule has 0 saturated carbocycles. The summed E-state index contributed by atoms with van der Waals surface area (Å²) in [5, 5.41) is 14.3. The highest BCUT2D eigenvalue weighted by atomic mass is 16.7. The number of imidazole rings is 1. The zero-order valence-electron chi connectivity index (χ0n) is 18.8. The summed E-state index contributed by atoms with van der Waals surface area (Å²) in [6.45, 7) is 0.246. The van der Waals surface area contributed by atoms with Gasteiger partial charge in [0.1, 0.15) is 17.5 Å². The number of carbonyl (C=O) groups is 2. The van der Waals surface area contributed by atoms with Gasteiger partial charge in [0.2, 0.25) is 0 Å². The molecule has 1 fully saturated rings. The van der Waals surface area contributed by atoms with Crippen LogP contribution >= 0.6 is 0 Å². The normalized spacial score (nSPS) is 15.1. The maximum atomic E-state index is 13.0. The number of amides is 2. The van der Waals surface area contributed by atoms with Crippen molar-refractivity contribution in [2.24, 2.45) is 0 Å². The summed E-state index contributed by atoms with van der Waals surface area (Å²) >= 11 is 0. The smallest absolute Gasteiger partial charge is 0.279 e. The summed E-state index contributed by atoms with van der Waals surface area (Å²) in [5.41, 5.74) is 1.04. The van der Waals surface area contributed by atoms with Gasteiger partial charge in [-0.1, -0.05) is 6.07 Å². The van der Waals surface area contributed by atoms with E-state index in [1.807, 2.05) is 0 Å². The van der Waals surface area contributed by atoms with E-state index in [0.717, 1.165) is 5.06 Å². The first-order valence-electron chi connectivity index (χ1n) is 10.6. The lowest BCUT2D eigenvalue weighted by atomic mass is 10.1. The Morgan fingerprint density at radius 3 is 2.71 bits per heavy atom. The summed E-state index contributed by atoms with van der Waals surface area (Å²) in [7, 11) is 3.09. The fourth-order valence-electron chi connectivity index (χ4n) is 3.67. The zero-order valence-corrected chi connectivity index (χ0v) is 18.8. The molecular formula is C22H21N9O4. The standard InChI is InChI=1S/C22H21N9O4/c1-23-14-10-17(26-13-6-5-9-29(21(13)33)18-7-3-4-8-24-18)28-31-16(11-25-19(14)31)20(32)27-15-12-30(35-2)22(15)34/h3-11,15,23H,12H2,1-2H3,(H,26,28)(H,27,32). The molecule has 1 aliphatic rings. The molecular weight excluding hydrogens is 454 g/mol. The van der Waals surface area contributed by atoms with Crippen LogP contribution in [0.25, 0.3) is 11.5 Å². The number of nitrogens with zero attached hydrogens (tertiary/aromatic N) is 6. The monoisotopic (exact) mass is 475 g/mol. The topological polar surface area (TPSA) is 148 Å². The Balaban J connectivity index is 1.47. The molecule has 13 heteroatoms. The van der Waals surface area contributed by atoms with Crippen LogP contribution in [-0.2, 0) is 9.63 Å². The minimum Gasteiger partial charge on any atom is -0.385 e. The van der Waals surface area contributed by atoms with Crippen LogP contribution in [0.15, 0.2) is 59.8 Å². The molecule has 178 valence electrons. The Kier molecular flexibility index (Phi) is 5.58. The maximum absolute atomic E-state index is 13.0. The van der Waals surface area contributed by atoms with Gasteiger partial charge in [-0.3, -0.25) is 23.8 Å². The number of pyridine rings is 2. The largest absolute Gasteiger partial charge is 0.385 e. The van der Waals surface area contributed by atoms with Gasteiger partial charge in [-0.25, -0.2) is 19.5 Å². The van der Waals surface area contributed by atoms with E-state index in [-0.39, 0.29) is 29.4 Å². The number of aromatic nitrogens is 5. The van der Waals surface area contributed by atoms with Crippen LogP contribution in [0.1, 0.15) is 10.5 Å². The van der Waals surface area contributed by atoms with Crippen molar-refractivity contribution < 1.29 is 14.4 Å². The first-order valence-corrected chi connectivity index (χ1v) is 10.6. The van der Waals surface area contributed by atoms with Crippen LogP contribution in [0.3, 0.4) is 0 Å². The number of hydroxylamine groups is 2. The van der Waals surface area contributed by atoms with Gasteiger partial charge in [0.25, 0.3) is 17.4 Å². The number of hydrogen-bond donors (Lipinski definition) is 3. The molecule has 0 radical (unpaired) electrons. The number of fused-ring (bicyclic) bond motifs is 1. The van der Waals surface area contributed by atoms with Crippen LogP contribution in [0.2, 0.25) is 0 Å². The second-order valence-corrected chi connectivity index (χ2v) is 7.59. The van der Waals surface area contributed by atoms with Crippen molar-refractivity contribution in [2.45, 2.75) is 6.04 Å². The Morgan fingerprint density at radius 2 is 2.00 bits per heavy atom. The van der Waals surface area contributed by atoms with E-state index in [9.17, 15) is 14.4 Å². The van der Waals surface area contributed by atoms with Crippen molar-refractivity contribution in [2.75, 3.05) is 31.3 Å². The predicted molar refractivity (Wildman–Crippen MR) is 126 cm³/mol. The molecule has 1 unspecified atom stereocenters. The number of hydrogen-bond acceptors (Lipinski definition) is 9. The van der Waals surface area contributed by atoms with Crippen molar-refractivity contribution in [1.29, 1.82) is 0 Å². The van der Waals surface area contributed by atoms with Gasteiger partial charge in [-0.05, 0) is 24.3 Å². The van der Waals surface area contributed by atoms with Crippen molar-refractivity contribution >= 4 is 34.7 Å². The predicted octanol–water partition coefficient (Wildman–Crippen LogP) is 0.562. The summed E-state index contributed by atoms with van der Waals surface area (Å²) in [4.78, 5) is 51.3. The van der Waals surface area contributed by atoms with E-state index in [4.69, 9.17) is 4.84 Å². The van der Waals surface area contributed by atoms with Gasteiger partial charge in [-0.15, -0.1) is 5.10 Å². The van der Waals surface area contributed by atoms with Gasteiger partial charge >= 0.3 is 0 Å². The number of anilines is 3. The van der Waals surface area contributed by atoms with Crippen molar-refractivity contribution in [3.05, 3.63) is 71.0 Å². The summed E-state index contributed by atoms with van der Waals surface area (Å²) in [5.74, 6) is -0.0774. The minimum atomic E-state index is -0.688. The molecule has 0 bridgehead atoms. The first-order chi connectivity index (χ1) is 17.0. The molecule has 35 heavy (non-hydrogen) atoms. The Labute approximate surface area is 198 Å². The van der Waals surface area contributed by atoms with Gasteiger partial charge in [0.05, 0.1) is 25.5 Å². The Hall–Kier alpha value is -4.78. The molecule has 1 aliphatic heterocycles. The molecule has 1 saturated heterocycles. The molecule has 5 heterocycles. The van der Waals surface area contributed by atoms with E-state index < -0.39 is 11.9 Å². The van der Waals surface area contributed by atoms with E-state index in [0.29, 0.717) is 23.0 Å². The second-order valence-electron chi connectivity index (χ2n) is 7.59. The lowest BCUT2D eigenvalue weighted by molar-refractivity contribution is -0.202. The molecule has 0 aromatic carbocycles. The van der Waals surface area contributed by atoms with Gasteiger partial charge < -0.3 is 16.0 Å². The molecule has 13 nitrogen and oxygen atoms in total. The SMILES string of the molecule is CNc1cc(Nc2cccn(-c3ccccn3)c2=O)nn2c(C(=O)NC3CN(OC)C3=O)cnc12. The maximum Gasteiger partial charge on any atom is 0.279 e. The van der Waals surface area contributed by atoms with Crippen LogP contribution in [0.4, 0.5) is 17.2 Å². The average molecular weight is 475 g/mol. The Bertz CT molecular complexity index is 1480. The van der Waals surface area contributed by atoms with E-state index in [2.05, 4.69) is 31.0 Å². The fourth-order valence-corrected chi connectivity index (χ4v) is 3.67. The molecule has 0 aliphatic carbocycles. The number of β-lactam (4-membered cyclic amide) rings is 1. The van der Waals surface area contributed by atoms with Gasteiger partial charge in [0, 0.05) is 25.5 Å². The third-order valence-electron chi connectivity index (χ3n) is 5.49. The van der Waals surface area contributed by atoms with Crippen LogP contribution < -0.4 is 21.5 Å². The van der Waals surface area contributed by atoms with E-state index in [1.54, 1.807) is 55.8 Å². The Morgan fingerprint density at radius 1 is 1.14 bits per heavy atom. The summed E-state index contributed by atoms with van der Waals surface area (Å²) < 4.78 is 2.76. The van der Waals surface area contributed by atoms with Crippen LogP contribution in [0.5, 0.6) is 0 Å². The van der Waals surface area contributed by atoms with E-state index in [1.165, 1.54) is 22.4 Å². The highest BCUT2D eigenvalue weighted by molar-refractivity contribution is 5.98. The molecule has 5 rings (SSSR count). The fraction of sp³-hybridized carbons (Fsp3) is 0.182. The van der Waals surface area contributed by atoms with Crippen molar-refractivity contribution in [3.63, 3.8) is 0 Å². The first kappa shape index (κ1) is 22.0. The van der Waals surface area contributed by atoms with Crippen LogP contribution in [0, 0.1) is 0 Å². The molecule has 2 amide bonds. The molecule has 4 aromatic heterocycles. The molecule has 3 N–H and O–H groups in total. The third kappa shape index (κ3) is 3.93. The van der Waals surface area contributed by atoms with Crippen molar-refractivity contribution in [1.82, 2.24) is 34.5 Å². The highest BCUT2D eigenvalue weighted by Gasteiger charge is 2.39. The molecule has 0 spiro atoms. The second kappa shape index (κ2) is 8.87. The van der Waals surface area contributed by atoms with Gasteiger partial charge in [-0.2, -0.15) is 0 Å². The van der Waals surface area contributed by atoms with Gasteiger partial charge in [0.15, 0.2) is 17.2 Å². The molecule has 1 atom stereocenters. The highest BCUT2D eigenvalue weighted by Crippen LogP contribution is 2.22. The quantitative estimate of drug-likeness (QED) is 0.326. The average Bonchev–Trinajstić information content (AvgIpc) is 3.31. The summed E-state index contributed by atoms with van der Waals surface area (Å²) in [6.07, 6.45) is 4.60. The zero-order chi connectivity index (χ0) is 24.5. The van der Waals surface area contributed by atoms with Crippen molar-refractivity contribution in [3.8, 4) is 5.82 Å². The van der Waals surface area contributed by atoms with E-state index >= 15 is 0 Å². The third-order valence-corrected chi connectivity index (χ3v) is 5.49. The number of rotatable bonds is 7. The van der Waals surface area contributed by atoms with Crippen LogP contribution in [-0.4, -0.2) is 67.8 Å². The molecule has 4 aromatic rings. The summed E-state index contributed by atoms with van der Waals surface area (Å²) in [6, 6.07) is 9.61. The number of nitrogens with one attached hydrogen (secondary N) is 3. The lowest BCUT2D eigenvalue weighted by Gasteiger charge is -2.35. The minimum absolute atomic E-state index is 0.128.